The zero-order chi connectivity index (χ0) is 14.8. The standard InChI is InChI=1S/C14H20N2O3/c1-5-16(14(3,4)13(18)19)12(17)10-7-6-9(2)11(15)8-10/h6-8H,5,15H2,1-4H3,(H,18,19). The number of carboxylic acids is 1. The lowest BCUT2D eigenvalue weighted by molar-refractivity contribution is -0.147. The number of nitrogens with zero attached hydrogens (tertiary/aromatic N) is 1. The summed E-state index contributed by atoms with van der Waals surface area (Å²) in [6, 6.07) is 5.00. The van der Waals surface area contributed by atoms with Crippen molar-refractivity contribution in [1.29, 1.82) is 0 Å². The lowest BCUT2D eigenvalue weighted by Crippen LogP contribution is -2.52. The molecule has 5 nitrogen and oxygen atoms in total. The van der Waals surface area contributed by atoms with Gasteiger partial charge in [0, 0.05) is 17.8 Å². The molecule has 0 aliphatic carbocycles. The molecule has 3 N–H and O–H groups in total. The summed E-state index contributed by atoms with van der Waals surface area (Å²) in [7, 11) is 0. The van der Waals surface area contributed by atoms with Crippen molar-refractivity contribution < 1.29 is 14.7 Å². The molecule has 0 spiro atoms. The van der Waals surface area contributed by atoms with Crippen LogP contribution in [-0.2, 0) is 4.79 Å². The van der Waals surface area contributed by atoms with Gasteiger partial charge in [-0.05, 0) is 45.4 Å². The van der Waals surface area contributed by atoms with Gasteiger partial charge in [-0.2, -0.15) is 0 Å². The summed E-state index contributed by atoms with van der Waals surface area (Å²) in [5, 5.41) is 9.22. The number of likely N-dealkylation sites (N-methyl/N-ethyl adjacent to an activating group) is 1. The van der Waals surface area contributed by atoms with Gasteiger partial charge in [-0.25, -0.2) is 4.79 Å². The molecule has 1 aromatic rings. The molecule has 0 aromatic heterocycles. The number of hydrogen-bond acceptors (Lipinski definition) is 3. The second-order valence-corrected chi connectivity index (χ2v) is 4.98. The minimum atomic E-state index is -1.26. The van der Waals surface area contributed by atoms with Crippen LogP contribution in [0.2, 0.25) is 0 Å². The van der Waals surface area contributed by atoms with E-state index in [9.17, 15) is 14.7 Å². The third-order valence-corrected chi connectivity index (χ3v) is 3.29. The predicted molar refractivity (Wildman–Crippen MR) is 74.0 cm³/mol. The molecule has 0 fully saturated rings. The highest BCUT2D eigenvalue weighted by molar-refractivity contribution is 5.98. The lowest BCUT2D eigenvalue weighted by atomic mass is 10.0. The summed E-state index contributed by atoms with van der Waals surface area (Å²) >= 11 is 0. The molecular weight excluding hydrogens is 244 g/mol. The minimum Gasteiger partial charge on any atom is -0.480 e. The second-order valence-electron chi connectivity index (χ2n) is 4.98. The van der Waals surface area contributed by atoms with Crippen molar-refractivity contribution in [2.24, 2.45) is 0 Å². The minimum absolute atomic E-state index is 0.311. The number of anilines is 1. The van der Waals surface area contributed by atoms with E-state index in [-0.39, 0.29) is 5.91 Å². The summed E-state index contributed by atoms with van der Waals surface area (Å²) in [6.45, 7) is 6.93. The monoisotopic (exact) mass is 264 g/mol. The van der Waals surface area contributed by atoms with E-state index in [0.29, 0.717) is 17.8 Å². The molecular formula is C14H20N2O3. The van der Waals surface area contributed by atoms with Crippen molar-refractivity contribution in [3.05, 3.63) is 29.3 Å². The number of carboxylic acid groups (broad SMARTS) is 1. The fraction of sp³-hybridized carbons (Fsp3) is 0.429. The smallest absolute Gasteiger partial charge is 0.329 e. The highest BCUT2D eigenvalue weighted by Crippen LogP contribution is 2.20. The van der Waals surface area contributed by atoms with E-state index in [2.05, 4.69) is 0 Å². The van der Waals surface area contributed by atoms with Crippen LogP contribution in [0.3, 0.4) is 0 Å². The number of hydrogen-bond donors (Lipinski definition) is 2. The molecule has 1 amide bonds. The van der Waals surface area contributed by atoms with Crippen molar-refractivity contribution in [2.75, 3.05) is 12.3 Å². The second kappa shape index (κ2) is 5.30. The van der Waals surface area contributed by atoms with E-state index in [1.807, 2.05) is 6.92 Å². The van der Waals surface area contributed by atoms with Crippen molar-refractivity contribution in [1.82, 2.24) is 4.90 Å². The van der Waals surface area contributed by atoms with Crippen LogP contribution in [0, 0.1) is 6.92 Å². The van der Waals surface area contributed by atoms with Gasteiger partial charge in [0.25, 0.3) is 5.91 Å². The third-order valence-electron chi connectivity index (χ3n) is 3.29. The Hall–Kier alpha value is -2.04. The number of aliphatic carboxylic acids is 1. The van der Waals surface area contributed by atoms with Crippen LogP contribution < -0.4 is 5.73 Å². The predicted octanol–water partition coefficient (Wildman–Crippen LogP) is 1.90. The molecule has 5 heteroatoms. The van der Waals surface area contributed by atoms with Crippen LogP contribution in [0.5, 0.6) is 0 Å². The number of rotatable bonds is 4. The van der Waals surface area contributed by atoms with E-state index in [1.54, 1.807) is 25.1 Å². The molecule has 1 rings (SSSR count). The number of benzene rings is 1. The van der Waals surface area contributed by atoms with Crippen molar-refractivity contribution >= 4 is 17.6 Å². The summed E-state index contributed by atoms with van der Waals surface area (Å²) in [6.07, 6.45) is 0. The SMILES string of the molecule is CCN(C(=O)c1ccc(C)c(N)c1)C(C)(C)C(=O)O. The molecule has 1 aromatic carbocycles. The first kappa shape index (κ1) is 15.0. The average molecular weight is 264 g/mol. The van der Waals surface area contributed by atoms with Gasteiger partial charge < -0.3 is 15.7 Å². The van der Waals surface area contributed by atoms with E-state index < -0.39 is 11.5 Å². The zero-order valence-electron chi connectivity index (χ0n) is 11.7. The normalized spacial score (nSPS) is 11.2. The van der Waals surface area contributed by atoms with Crippen LogP contribution >= 0.6 is 0 Å². The Labute approximate surface area is 113 Å². The molecule has 0 bridgehead atoms. The molecule has 0 heterocycles. The van der Waals surface area contributed by atoms with Gasteiger partial charge in [-0.15, -0.1) is 0 Å². The van der Waals surface area contributed by atoms with Gasteiger partial charge in [0.15, 0.2) is 0 Å². The Kier molecular flexibility index (Phi) is 4.19. The number of nitrogens with two attached hydrogens (primary N) is 1. The summed E-state index contributed by atoms with van der Waals surface area (Å²) in [5.74, 6) is -1.37. The molecule has 0 saturated carbocycles. The van der Waals surface area contributed by atoms with Crippen LogP contribution in [-0.4, -0.2) is 34.0 Å². The largest absolute Gasteiger partial charge is 0.480 e. The number of carbonyl (C=O) groups excluding carboxylic acids is 1. The number of carbonyl (C=O) groups is 2. The maximum atomic E-state index is 12.4. The third kappa shape index (κ3) is 2.86. The van der Waals surface area contributed by atoms with Gasteiger partial charge in [0.05, 0.1) is 0 Å². The molecule has 0 atom stereocenters. The number of amides is 1. The highest BCUT2D eigenvalue weighted by Gasteiger charge is 2.37. The zero-order valence-corrected chi connectivity index (χ0v) is 11.7. The van der Waals surface area contributed by atoms with Gasteiger partial charge in [-0.1, -0.05) is 6.07 Å². The molecule has 0 saturated heterocycles. The van der Waals surface area contributed by atoms with Gasteiger partial charge in [0.2, 0.25) is 0 Å². The van der Waals surface area contributed by atoms with E-state index in [0.717, 1.165) is 5.56 Å². The summed E-state index contributed by atoms with van der Waals surface area (Å²) in [5.41, 5.74) is 6.33. The first-order valence-electron chi connectivity index (χ1n) is 6.13. The Morgan fingerprint density at radius 2 is 1.95 bits per heavy atom. The van der Waals surface area contributed by atoms with Crippen molar-refractivity contribution in [3.63, 3.8) is 0 Å². The molecule has 0 unspecified atom stereocenters. The van der Waals surface area contributed by atoms with Crippen molar-refractivity contribution in [3.8, 4) is 0 Å². The Balaban J connectivity index is 3.15. The van der Waals surface area contributed by atoms with Crippen LogP contribution in [0.15, 0.2) is 18.2 Å². The Morgan fingerprint density at radius 3 is 2.37 bits per heavy atom. The van der Waals surface area contributed by atoms with E-state index in [4.69, 9.17) is 5.73 Å². The topological polar surface area (TPSA) is 83.6 Å². The average Bonchev–Trinajstić information content (AvgIpc) is 2.32. The quantitative estimate of drug-likeness (QED) is 0.813. The maximum absolute atomic E-state index is 12.4. The molecule has 0 aliphatic heterocycles. The number of nitrogen functional groups attached to an aromatic ring is 1. The summed E-state index contributed by atoms with van der Waals surface area (Å²) < 4.78 is 0. The maximum Gasteiger partial charge on any atom is 0.329 e. The van der Waals surface area contributed by atoms with Crippen LogP contribution in [0.4, 0.5) is 5.69 Å². The van der Waals surface area contributed by atoms with Crippen molar-refractivity contribution in [2.45, 2.75) is 33.2 Å². The fourth-order valence-corrected chi connectivity index (χ4v) is 1.84. The molecule has 104 valence electrons. The highest BCUT2D eigenvalue weighted by atomic mass is 16.4. The van der Waals surface area contributed by atoms with Gasteiger partial charge in [-0.3, -0.25) is 4.79 Å². The van der Waals surface area contributed by atoms with E-state index in [1.165, 1.54) is 18.7 Å². The molecule has 19 heavy (non-hydrogen) atoms. The summed E-state index contributed by atoms with van der Waals surface area (Å²) in [4.78, 5) is 25.0. The van der Waals surface area contributed by atoms with Crippen LogP contribution in [0.1, 0.15) is 36.7 Å². The van der Waals surface area contributed by atoms with E-state index >= 15 is 0 Å². The Bertz CT molecular complexity index is 509. The first-order chi connectivity index (χ1) is 8.71. The van der Waals surface area contributed by atoms with Gasteiger partial charge >= 0.3 is 5.97 Å². The number of aryl methyl sites for hydroxylation is 1. The van der Waals surface area contributed by atoms with Gasteiger partial charge in [0.1, 0.15) is 5.54 Å². The first-order valence-corrected chi connectivity index (χ1v) is 6.13. The fourth-order valence-electron chi connectivity index (χ4n) is 1.84. The molecule has 0 radical (unpaired) electrons. The molecule has 0 aliphatic rings. The lowest BCUT2D eigenvalue weighted by Gasteiger charge is -2.34. The van der Waals surface area contributed by atoms with Crippen LogP contribution in [0.25, 0.3) is 0 Å². The Morgan fingerprint density at radius 1 is 1.37 bits per heavy atom.